The van der Waals surface area contributed by atoms with Crippen molar-refractivity contribution in [2.45, 2.75) is 58.3 Å². The molecule has 0 fully saturated rings. The topological polar surface area (TPSA) is 48.8 Å². The highest BCUT2D eigenvalue weighted by Gasteiger charge is 2.23. The van der Waals surface area contributed by atoms with Crippen molar-refractivity contribution in [3.63, 3.8) is 0 Å². The van der Waals surface area contributed by atoms with Gasteiger partial charge in [0.25, 0.3) is 0 Å². The Labute approximate surface area is 135 Å². The molecule has 0 bridgehead atoms. The molecule has 124 valence electrons. The standard InChI is InChI=1S/C18H32N4/c1-2-3-4-5-6-7-8-9-10-11-16(17-19-12-13-20-17)18-21-14-15-22-18/h10-11,16H,2-9,12-15H2,1H3,(H,19,20)(H,21,22). The average Bonchev–Trinajstić information content (AvgIpc) is 3.22. The van der Waals surface area contributed by atoms with Gasteiger partial charge in [0.05, 0.1) is 19.0 Å². The summed E-state index contributed by atoms with van der Waals surface area (Å²) in [6.45, 7) is 5.99. The lowest BCUT2D eigenvalue weighted by molar-refractivity contribution is 0.592. The molecule has 2 aliphatic heterocycles. The molecule has 0 spiro atoms. The van der Waals surface area contributed by atoms with Gasteiger partial charge in [0, 0.05) is 13.1 Å². The van der Waals surface area contributed by atoms with E-state index in [0.29, 0.717) is 0 Å². The van der Waals surface area contributed by atoms with Crippen LogP contribution in [-0.2, 0) is 0 Å². The van der Waals surface area contributed by atoms with Gasteiger partial charge < -0.3 is 10.6 Å². The molecule has 2 N–H and O–H groups in total. The quantitative estimate of drug-likeness (QED) is 0.454. The molecule has 2 rings (SSSR count). The number of hydrogen-bond acceptors (Lipinski definition) is 4. The van der Waals surface area contributed by atoms with Gasteiger partial charge in [-0.3, -0.25) is 9.98 Å². The fourth-order valence-corrected chi connectivity index (χ4v) is 3.01. The van der Waals surface area contributed by atoms with Gasteiger partial charge in [-0.1, -0.05) is 57.6 Å². The number of nitrogens with zero attached hydrogens (tertiary/aromatic N) is 2. The zero-order chi connectivity index (χ0) is 15.5. The van der Waals surface area contributed by atoms with Crippen LogP contribution in [0.3, 0.4) is 0 Å². The lowest BCUT2D eigenvalue weighted by Gasteiger charge is -2.14. The summed E-state index contributed by atoms with van der Waals surface area (Å²) in [5.74, 6) is 2.39. The second kappa shape index (κ2) is 10.4. The lowest BCUT2D eigenvalue weighted by atomic mass is 10.0. The molecular weight excluding hydrogens is 272 g/mol. The third-order valence-electron chi connectivity index (χ3n) is 4.29. The Kier molecular flexibility index (Phi) is 8.07. The van der Waals surface area contributed by atoms with Crippen LogP contribution < -0.4 is 10.6 Å². The van der Waals surface area contributed by atoms with Crippen LogP contribution in [0.5, 0.6) is 0 Å². The maximum atomic E-state index is 4.57. The molecule has 0 saturated heterocycles. The second-order valence-electron chi connectivity index (χ2n) is 6.20. The van der Waals surface area contributed by atoms with E-state index in [9.17, 15) is 0 Å². The molecule has 0 unspecified atom stereocenters. The number of amidine groups is 2. The van der Waals surface area contributed by atoms with Crippen LogP contribution in [0.4, 0.5) is 0 Å². The molecular formula is C18H32N4. The molecule has 0 amide bonds. The van der Waals surface area contributed by atoms with Crippen LogP contribution >= 0.6 is 0 Å². The molecule has 2 aliphatic rings. The van der Waals surface area contributed by atoms with Crippen molar-refractivity contribution in [1.82, 2.24) is 10.6 Å². The van der Waals surface area contributed by atoms with Gasteiger partial charge in [0.1, 0.15) is 11.7 Å². The third kappa shape index (κ3) is 5.82. The smallest absolute Gasteiger partial charge is 0.111 e. The van der Waals surface area contributed by atoms with Crippen LogP contribution in [0, 0.1) is 5.92 Å². The lowest BCUT2D eigenvalue weighted by Crippen LogP contribution is -2.36. The zero-order valence-corrected chi connectivity index (χ0v) is 14.1. The first-order valence-corrected chi connectivity index (χ1v) is 9.15. The zero-order valence-electron chi connectivity index (χ0n) is 14.1. The monoisotopic (exact) mass is 304 g/mol. The summed E-state index contributed by atoms with van der Waals surface area (Å²) in [5, 5.41) is 6.78. The SMILES string of the molecule is CCCCCCCCCC=CC(C1=NCCN1)C1=NCCN1. The second-order valence-corrected chi connectivity index (χ2v) is 6.20. The first-order chi connectivity index (χ1) is 10.9. The number of unbranched alkanes of at least 4 members (excludes halogenated alkanes) is 7. The first-order valence-electron chi connectivity index (χ1n) is 9.15. The van der Waals surface area contributed by atoms with Crippen molar-refractivity contribution in [3.8, 4) is 0 Å². The van der Waals surface area contributed by atoms with Crippen molar-refractivity contribution >= 4 is 11.7 Å². The molecule has 0 aromatic heterocycles. The van der Waals surface area contributed by atoms with Gasteiger partial charge in [0.2, 0.25) is 0 Å². The summed E-state index contributed by atoms with van der Waals surface area (Å²) in [7, 11) is 0. The fourth-order valence-electron chi connectivity index (χ4n) is 3.01. The van der Waals surface area contributed by atoms with Gasteiger partial charge >= 0.3 is 0 Å². The van der Waals surface area contributed by atoms with Crippen LogP contribution in [0.2, 0.25) is 0 Å². The molecule has 0 saturated carbocycles. The Morgan fingerprint density at radius 1 is 0.909 bits per heavy atom. The molecule has 0 radical (unpaired) electrons. The molecule has 0 aromatic carbocycles. The highest BCUT2D eigenvalue weighted by molar-refractivity contribution is 6.08. The summed E-state index contributed by atoms with van der Waals surface area (Å²) < 4.78 is 0. The Morgan fingerprint density at radius 2 is 1.50 bits per heavy atom. The number of rotatable bonds is 11. The van der Waals surface area contributed by atoms with Crippen molar-refractivity contribution in [1.29, 1.82) is 0 Å². The number of allylic oxidation sites excluding steroid dienone is 1. The van der Waals surface area contributed by atoms with Crippen molar-refractivity contribution in [2.75, 3.05) is 26.2 Å². The minimum atomic E-state index is 0.217. The third-order valence-corrected chi connectivity index (χ3v) is 4.29. The first kappa shape index (κ1) is 17.0. The maximum absolute atomic E-state index is 4.57. The average molecular weight is 304 g/mol. The van der Waals surface area contributed by atoms with Gasteiger partial charge in [-0.2, -0.15) is 0 Å². The molecule has 4 nitrogen and oxygen atoms in total. The normalized spacial score (nSPS) is 17.7. The largest absolute Gasteiger partial charge is 0.371 e. The summed E-state index contributed by atoms with van der Waals surface area (Å²) in [6, 6.07) is 0. The van der Waals surface area contributed by atoms with Crippen molar-refractivity contribution in [3.05, 3.63) is 12.2 Å². The molecule has 0 aromatic rings. The highest BCUT2D eigenvalue weighted by atomic mass is 15.1. The molecule has 0 aliphatic carbocycles. The van der Waals surface area contributed by atoms with Crippen molar-refractivity contribution in [2.24, 2.45) is 15.9 Å². The minimum absolute atomic E-state index is 0.217. The van der Waals surface area contributed by atoms with E-state index in [1.54, 1.807) is 0 Å². The van der Waals surface area contributed by atoms with Crippen molar-refractivity contribution < 1.29 is 0 Å². The van der Waals surface area contributed by atoms with Gasteiger partial charge in [-0.15, -0.1) is 0 Å². The molecule has 4 heteroatoms. The highest BCUT2D eigenvalue weighted by Crippen LogP contribution is 2.12. The molecule has 0 atom stereocenters. The summed E-state index contributed by atoms with van der Waals surface area (Å²) in [6.07, 6.45) is 15.4. The van der Waals surface area contributed by atoms with Crippen LogP contribution in [0.25, 0.3) is 0 Å². The predicted octanol–water partition coefficient (Wildman–Crippen LogP) is 3.30. The van der Waals surface area contributed by atoms with E-state index < -0.39 is 0 Å². The Hall–Kier alpha value is -1.32. The van der Waals surface area contributed by atoms with E-state index in [1.807, 2.05) is 0 Å². The van der Waals surface area contributed by atoms with E-state index in [4.69, 9.17) is 0 Å². The Bertz CT molecular complexity index is 374. The summed E-state index contributed by atoms with van der Waals surface area (Å²) in [5.41, 5.74) is 0. The van der Waals surface area contributed by atoms with E-state index in [-0.39, 0.29) is 5.92 Å². The molecule has 2 heterocycles. The maximum Gasteiger partial charge on any atom is 0.111 e. The van der Waals surface area contributed by atoms with E-state index in [1.165, 1.54) is 51.4 Å². The number of nitrogens with one attached hydrogen (secondary N) is 2. The summed E-state index contributed by atoms with van der Waals surface area (Å²) in [4.78, 5) is 9.14. The minimum Gasteiger partial charge on any atom is -0.371 e. The van der Waals surface area contributed by atoms with E-state index in [2.05, 4.69) is 39.7 Å². The van der Waals surface area contributed by atoms with Gasteiger partial charge in [-0.05, 0) is 12.8 Å². The summed E-state index contributed by atoms with van der Waals surface area (Å²) >= 11 is 0. The Balaban J connectivity index is 1.67. The predicted molar refractivity (Wildman–Crippen MR) is 95.8 cm³/mol. The molecule has 22 heavy (non-hydrogen) atoms. The van der Waals surface area contributed by atoms with Gasteiger partial charge in [-0.25, -0.2) is 0 Å². The number of hydrogen-bond donors (Lipinski definition) is 2. The Morgan fingerprint density at radius 3 is 2.05 bits per heavy atom. The van der Waals surface area contributed by atoms with E-state index >= 15 is 0 Å². The number of aliphatic imine (C=N–C) groups is 2. The van der Waals surface area contributed by atoms with Crippen LogP contribution in [0.15, 0.2) is 22.1 Å². The van der Waals surface area contributed by atoms with Crippen LogP contribution in [-0.4, -0.2) is 37.9 Å². The van der Waals surface area contributed by atoms with E-state index in [0.717, 1.165) is 37.9 Å². The van der Waals surface area contributed by atoms with Crippen LogP contribution in [0.1, 0.15) is 58.3 Å². The fraction of sp³-hybridized carbons (Fsp3) is 0.778. The van der Waals surface area contributed by atoms with Gasteiger partial charge in [0.15, 0.2) is 0 Å².